The maximum atomic E-state index is 11.8. The van der Waals surface area contributed by atoms with Crippen LogP contribution < -0.4 is 5.32 Å². The monoisotopic (exact) mass is 263 g/mol. The predicted octanol–water partition coefficient (Wildman–Crippen LogP) is 1.12. The fraction of sp³-hybridized carbons (Fsp3) is 0.250. The Balaban J connectivity index is 1.94. The van der Waals surface area contributed by atoms with Gasteiger partial charge in [-0.15, -0.1) is 0 Å². The maximum Gasteiger partial charge on any atom is 0.371 e. The Hall–Kier alpha value is -2.57. The molecule has 0 unspecified atom stereocenters. The minimum Gasteiger partial charge on any atom is -0.475 e. The van der Waals surface area contributed by atoms with Crippen molar-refractivity contribution in [2.24, 2.45) is 0 Å². The van der Waals surface area contributed by atoms with Gasteiger partial charge in [-0.25, -0.2) is 4.79 Å². The number of furan rings is 1. The molecule has 0 saturated carbocycles. The van der Waals surface area contributed by atoms with Gasteiger partial charge in [-0.1, -0.05) is 0 Å². The van der Waals surface area contributed by atoms with E-state index in [9.17, 15) is 9.59 Å². The molecule has 7 heteroatoms. The van der Waals surface area contributed by atoms with Crippen molar-refractivity contribution < 1.29 is 19.1 Å². The van der Waals surface area contributed by atoms with Gasteiger partial charge in [-0.3, -0.25) is 9.48 Å². The Kier molecular flexibility index (Phi) is 3.65. The molecule has 2 aromatic heterocycles. The molecule has 0 fully saturated rings. The van der Waals surface area contributed by atoms with Crippen LogP contribution in [0.1, 0.15) is 33.6 Å². The van der Waals surface area contributed by atoms with Crippen molar-refractivity contribution in [1.82, 2.24) is 15.1 Å². The van der Waals surface area contributed by atoms with Gasteiger partial charge in [-0.2, -0.15) is 5.10 Å². The zero-order valence-electron chi connectivity index (χ0n) is 10.3. The molecule has 19 heavy (non-hydrogen) atoms. The Bertz CT molecular complexity index is 600. The van der Waals surface area contributed by atoms with E-state index in [0.717, 1.165) is 0 Å². The summed E-state index contributed by atoms with van der Waals surface area (Å²) in [6.45, 7) is 2.74. The third-order valence-corrected chi connectivity index (χ3v) is 2.52. The number of hydrogen-bond donors (Lipinski definition) is 2. The molecule has 100 valence electrons. The number of nitrogens with zero attached hydrogens (tertiary/aromatic N) is 2. The van der Waals surface area contributed by atoms with Crippen molar-refractivity contribution in [2.75, 3.05) is 0 Å². The number of aryl methyl sites for hydroxylation is 1. The normalized spacial score (nSPS) is 10.4. The molecule has 0 aliphatic heterocycles. The first kappa shape index (κ1) is 12.9. The van der Waals surface area contributed by atoms with Crippen LogP contribution in [0.3, 0.4) is 0 Å². The molecule has 7 nitrogen and oxygen atoms in total. The molecule has 2 heterocycles. The lowest BCUT2D eigenvalue weighted by Gasteiger charge is -2.00. The smallest absolute Gasteiger partial charge is 0.371 e. The quantitative estimate of drug-likeness (QED) is 0.842. The molecule has 0 saturated heterocycles. The third-order valence-electron chi connectivity index (χ3n) is 2.52. The number of carbonyl (C=O) groups excluding carboxylic acids is 1. The number of rotatable bonds is 5. The lowest BCUT2D eigenvalue weighted by atomic mass is 10.3. The molecule has 0 spiro atoms. The number of carbonyl (C=O) groups is 2. The lowest BCUT2D eigenvalue weighted by Crippen LogP contribution is -2.22. The van der Waals surface area contributed by atoms with Crippen molar-refractivity contribution in [1.29, 1.82) is 0 Å². The number of aromatic nitrogens is 2. The standard InChI is InChI=1S/C12H13N3O4/c1-2-15-7-8(5-14-15)11(16)13-6-9-3-4-10(19-9)12(17)18/h3-5,7H,2,6H2,1H3,(H,13,16)(H,17,18). The van der Waals surface area contributed by atoms with E-state index in [-0.39, 0.29) is 18.2 Å². The molecule has 2 N–H and O–H groups in total. The molecule has 2 aromatic rings. The summed E-state index contributed by atoms with van der Waals surface area (Å²) in [4.78, 5) is 22.4. The van der Waals surface area contributed by atoms with Crippen LogP contribution in [-0.4, -0.2) is 26.8 Å². The summed E-state index contributed by atoms with van der Waals surface area (Å²) < 4.78 is 6.67. The molecule has 0 atom stereocenters. The SMILES string of the molecule is CCn1cc(C(=O)NCc2ccc(C(=O)O)o2)cn1. The Morgan fingerprint density at radius 2 is 2.26 bits per heavy atom. The van der Waals surface area contributed by atoms with Gasteiger partial charge in [0, 0.05) is 12.7 Å². The second-order valence-electron chi connectivity index (χ2n) is 3.84. The molecule has 2 rings (SSSR count). The third kappa shape index (κ3) is 3.01. The average molecular weight is 263 g/mol. The largest absolute Gasteiger partial charge is 0.475 e. The second-order valence-corrected chi connectivity index (χ2v) is 3.84. The lowest BCUT2D eigenvalue weighted by molar-refractivity contribution is 0.0660. The molecule has 0 bridgehead atoms. The van der Waals surface area contributed by atoms with Gasteiger partial charge in [-0.05, 0) is 19.1 Å². The highest BCUT2D eigenvalue weighted by molar-refractivity contribution is 5.93. The van der Waals surface area contributed by atoms with Crippen LogP contribution in [0.25, 0.3) is 0 Å². The van der Waals surface area contributed by atoms with Crippen LogP contribution in [0.4, 0.5) is 0 Å². The Morgan fingerprint density at radius 3 is 2.84 bits per heavy atom. The van der Waals surface area contributed by atoms with E-state index in [1.54, 1.807) is 10.9 Å². The van der Waals surface area contributed by atoms with Gasteiger partial charge in [0.25, 0.3) is 5.91 Å². The van der Waals surface area contributed by atoms with Gasteiger partial charge in [0.05, 0.1) is 18.3 Å². The fourth-order valence-electron chi connectivity index (χ4n) is 1.51. The van der Waals surface area contributed by atoms with Crippen LogP contribution in [0.15, 0.2) is 28.9 Å². The summed E-state index contributed by atoms with van der Waals surface area (Å²) in [5, 5.41) is 15.3. The van der Waals surface area contributed by atoms with Crippen molar-refractivity contribution in [3.63, 3.8) is 0 Å². The average Bonchev–Trinajstić information content (AvgIpc) is 3.04. The first-order valence-electron chi connectivity index (χ1n) is 5.72. The van der Waals surface area contributed by atoms with E-state index < -0.39 is 5.97 Å². The highest BCUT2D eigenvalue weighted by Gasteiger charge is 2.11. The molecule has 0 aliphatic carbocycles. The van der Waals surface area contributed by atoms with E-state index in [0.29, 0.717) is 17.9 Å². The van der Waals surface area contributed by atoms with Crippen molar-refractivity contribution >= 4 is 11.9 Å². The first-order chi connectivity index (χ1) is 9.10. The topological polar surface area (TPSA) is 97.4 Å². The van der Waals surface area contributed by atoms with Gasteiger partial charge in [0.15, 0.2) is 0 Å². The number of aromatic carboxylic acids is 1. The predicted molar refractivity (Wildman–Crippen MR) is 64.7 cm³/mol. The number of carboxylic acid groups (broad SMARTS) is 1. The van der Waals surface area contributed by atoms with Crippen molar-refractivity contribution in [2.45, 2.75) is 20.0 Å². The van der Waals surface area contributed by atoms with Crippen LogP contribution in [0.5, 0.6) is 0 Å². The number of carboxylic acids is 1. The van der Waals surface area contributed by atoms with Gasteiger partial charge in [0.2, 0.25) is 5.76 Å². The molecular weight excluding hydrogens is 250 g/mol. The Morgan fingerprint density at radius 1 is 1.47 bits per heavy atom. The van der Waals surface area contributed by atoms with E-state index in [2.05, 4.69) is 10.4 Å². The summed E-state index contributed by atoms with van der Waals surface area (Å²) in [7, 11) is 0. The number of nitrogens with one attached hydrogen (secondary N) is 1. The van der Waals surface area contributed by atoms with Gasteiger partial charge >= 0.3 is 5.97 Å². The maximum absolute atomic E-state index is 11.8. The molecule has 0 radical (unpaired) electrons. The van der Waals surface area contributed by atoms with E-state index in [1.165, 1.54) is 18.3 Å². The summed E-state index contributed by atoms with van der Waals surface area (Å²) in [6.07, 6.45) is 3.11. The number of hydrogen-bond acceptors (Lipinski definition) is 4. The minimum absolute atomic E-state index is 0.128. The summed E-state index contributed by atoms with van der Waals surface area (Å²) >= 11 is 0. The van der Waals surface area contributed by atoms with Gasteiger partial charge in [0.1, 0.15) is 5.76 Å². The molecule has 0 aromatic carbocycles. The van der Waals surface area contributed by atoms with E-state index in [4.69, 9.17) is 9.52 Å². The summed E-state index contributed by atoms with van der Waals surface area (Å²) in [5.41, 5.74) is 0.451. The zero-order chi connectivity index (χ0) is 13.8. The summed E-state index contributed by atoms with van der Waals surface area (Å²) in [5.74, 6) is -1.19. The molecule has 1 amide bonds. The highest BCUT2D eigenvalue weighted by Crippen LogP contribution is 2.08. The van der Waals surface area contributed by atoms with Crippen LogP contribution in [-0.2, 0) is 13.1 Å². The zero-order valence-corrected chi connectivity index (χ0v) is 10.3. The van der Waals surface area contributed by atoms with Crippen molar-refractivity contribution in [3.05, 3.63) is 41.6 Å². The van der Waals surface area contributed by atoms with Crippen LogP contribution in [0.2, 0.25) is 0 Å². The molecule has 0 aliphatic rings. The highest BCUT2D eigenvalue weighted by atomic mass is 16.4. The summed E-state index contributed by atoms with van der Waals surface area (Å²) in [6, 6.07) is 2.86. The van der Waals surface area contributed by atoms with Gasteiger partial charge < -0.3 is 14.8 Å². The first-order valence-corrected chi connectivity index (χ1v) is 5.72. The Labute approximate surface area is 108 Å². The van der Waals surface area contributed by atoms with Crippen LogP contribution in [0, 0.1) is 0 Å². The molecular formula is C12H13N3O4. The van der Waals surface area contributed by atoms with E-state index in [1.807, 2.05) is 6.92 Å². The van der Waals surface area contributed by atoms with E-state index >= 15 is 0 Å². The van der Waals surface area contributed by atoms with Crippen molar-refractivity contribution in [3.8, 4) is 0 Å². The second kappa shape index (κ2) is 5.38. The number of amides is 1. The minimum atomic E-state index is -1.14. The fourth-order valence-corrected chi connectivity index (χ4v) is 1.51. The van der Waals surface area contributed by atoms with Crippen LogP contribution >= 0.6 is 0 Å².